The highest BCUT2D eigenvalue weighted by Crippen LogP contribution is 2.39. The maximum atomic E-state index is 5.62. The van der Waals surface area contributed by atoms with Crippen molar-refractivity contribution in [2.75, 3.05) is 13.2 Å². The molecule has 2 aromatic rings. The van der Waals surface area contributed by atoms with Gasteiger partial charge in [-0.1, -0.05) is 0 Å². The molecule has 0 unspecified atom stereocenters. The highest BCUT2D eigenvalue weighted by molar-refractivity contribution is 5.62. The fourth-order valence-electron chi connectivity index (χ4n) is 2.37. The van der Waals surface area contributed by atoms with Crippen LogP contribution >= 0.6 is 0 Å². The molecule has 0 N–H and O–H groups in total. The zero-order valence-electron chi connectivity index (χ0n) is 10.0. The lowest BCUT2D eigenvalue weighted by Crippen LogP contribution is -2.15. The smallest absolute Gasteiger partial charge is 0.162 e. The molecule has 0 amide bonds. The van der Waals surface area contributed by atoms with Crippen molar-refractivity contribution >= 4 is 0 Å². The Morgan fingerprint density at radius 1 is 1.11 bits per heavy atom. The van der Waals surface area contributed by atoms with E-state index in [-0.39, 0.29) is 0 Å². The predicted octanol–water partition coefficient (Wildman–Crippen LogP) is 2.66. The lowest BCUT2D eigenvalue weighted by molar-refractivity contribution is 0.171. The van der Waals surface area contributed by atoms with Gasteiger partial charge in [0.1, 0.15) is 19.0 Å². The molecule has 0 atom stereocenters. The van der Waals surface area contributed by atoms with E-state index in [2.05, 4.69) is 21.8 Å². The van der Waals surface area contributed by atoms with Crippen molar-refractivity contribution in [3.05, 3.63) is 30.6 Å². The van der Waals surface area contributed by atoms with Gasteiger partial charge in [0.05, 0.1) is 0 Å². The maximum Gasteiger partial charge on any atom is 0.162 e. The van der Waals surface area contributed by atoms with Gasteiger partial charge in [-0.25, -0.2) is 4.98 Å². The lowest BCUT2D eigenvalue weighted by Gasteiger charge is -2.19. The Labute approximate surface area is 105 Å². The highest BCUT2D eigenvalue weighted by Gasteiger charge is 2.26. The number of hydrogen-bond acceptors (Lipinski definition) is 3. The minimum absolute atomic E-state index is 0.619. The van der Waals surface area contributed by atoms with E-state index in [1.165, 1.54) is 12.8 Å². The fraction of sp³-hybridized carbons (Fsp3) is 0.357. The van der Waals surface area contributed by atoms with E-state index in [1.807, 2.05) is 18.3 Å². The number of aromatic nitrogens is 2. The topological polar surface area (TPSA) is 36.3 Å². The zero-order valence-corrected chi connectivity index (χ0v) is 10.0. The summed E-state index contributed by atoms with van der Waals surface area (Å²) in [6.07, 6.45) is 6.44. The van der Waals surface area contributed by atoms with E-state index in [0.29, 0.717) is 19.3 Å². The summed E-state index contributed by atoms with van der Waals surface area (Å²) in [5.41, 5.74) is 1.09. The molecule has 1 aromatic carbocycles. The SMILES string of the molecule is c1cn(C2CC2)c(-c2ccc3c(c2)OCCO3)n1. The van der Waals surface area contributed by atoms with Gasteiger partial charge >= 0.3 is 0 Å². The van der Waals surface area contributed by atoms with Gasteiger partial charge in [0, 0.05) is 24.0 Å². The maximum absolute atomic E-state index is 5.62. The van der Waals surface area contributed by atoms with Crippen LogP contribution in [0, 0.1) is 0 Å². The molecule has 1 saturated carbocycles. The summed E-state index contributed by atoms with van der Waals surface area (Å²) in [6.45, 7) is 1.25. The standard InChI is InChI=1S/C14H14N2O2/c1-4-12-13(18-8-7-17-12)9-10(1)14-15-5-6-16(14)11-2-3-11/h1,4-6,9,11H,2-3,7-8H2. The van der Waals surface area contributed by atoms with Crippen LogP contribution in [-0.4, -0.2) is 22.8 Å². The second-order valence-corrected chi connectivity index (χ2v) is 4.75. The molecule has 4 nitrogen and oxygen atoms in total. The van der Waals surface area contributed by atoms with Gasteiger partial charge in [-0.2, -0.15) is 0 Å². The van der Waals surface area contributed by atoms with Gasteiger partial charge in [-0.05, 0) is 31.0 Å². The van der Waals surface area contributed by atoms with Crippen molar-refractivity contribution in [1.29, 1.82) is 0 Å². The van der Waals surface area contributed by atoms with E-state index in [1.54, 1.807) is 0 Å². The fourth-order valence-corrected chi connectivity index (χ4v) is 2.37. The van der Waals surface area contributed by atoms with E-state index in [4.69, 9.17) is 9.47 Å². The Morgan fingerprint density at radius 2 is 1.94 bits per heavy atom. The van der Waals surface area contributed by atoms with Crippen molar-refractivity contribution in [2.24, 2.45) is 0 Å². The first-order chi connectivity index (χ1) is 8.92. The molecule has 4 heteroatoms. The highest BCUT2D eigenvalue weighted by atomic mass is 16.6. The summed E-state index contributed by atoms with van der Waals surface area (Å²) in [4.78, 5) is 4.46. The number of ether oxygens (including phenoxy) is 2. The third kappa shape index (κ3) is 1.56. The minimum Gasteiger partial charge on any atom is -0.486 e. The molecule has 1 aliphatic carbocycles. The van der Waals surface area contributed by atoms with Crippen LogP contribution in [0.4, 0.5) is 0 Å². The zero-order chi connectivity index (χ0) is 11.9. The number of benzene rings is 1. The Balaban J connectivity index is 1.77. The number of nitrogens with zero attached hydrogens (tertiary/aromatic N) is 2. The molecule has 1 aromatic heterocycles. The summed E-state index contributed by atoms with van der Waals surface area (Å²) >= 11 is 0. The minimum atomic E-state index is 0.619. The average Bonchev–Trinajstić information content (AvgIpc) is 3.16. The van der Waals surface area contributed by atoms with Gasteiger partial charge < -0.3 is 14.0 Å². The van der Waals surface area contributed by atoms with Crippen LogP contribution in [0.1, 0.15) is 18.9 Å². The van der Waals surface area contributed by atoms with E-state index < -0.39 is 0 Å². The summed E-state index contributed by atoms with van der Waals surface area (Å²) in [5.74, 6) is 2.67. The number of imidazole rings is 1. The largest absolute Gasteiger partial charge is 0.486 e. The molecule has 2 heterocycles. The molecule has 0 radical (unpaired) electrons. The van der Waals surface area contributed by atoms with Crippen molar-refractivity contribution < 1.29 is 9.47 Å². The van der Waals surface area contributed by atoms with Crippen LogP contribution in [-0.2, 0) is 0 Å². The Hall–Kier alpha value is -1.97. The first kappa shape index (κ1) is 10.00. The second kappa shape index (κ2) is 3.77. The lowest BCUT2D eigenvalue weighted by atomic mass is 10.2. The summed E-state index contributed by atoms with van der Waals surface area (Å²) < 4.78 is 13.4. The first-order valence-electron chi connectivity index (χ1n) is 6.35. The first-order valence-corrected chi connectivity index (χ1v) is 6.35. The normalized spacial score (nSPS) is 17.8. The molecule has 18 heavy (non-hydrogen) atoms. The molecule has 4 rings (SSSR count). The second-order valence-electron chi connectivity index (χ2n) is 4.75. The van der Waals surface area contributed by atoms with Crippen molar-refractivity contribution in [3.63, 3.8) is 0 Å². The van der Waals surface area contributed by atoms with Crippen molar-refractivity contribution in [2.45, 2.75) is 18.9 Å². The van der Waals surface area contributed by atoms with Crippen LogP contribution in [0.15, 0.2) is 30.6 Å². The van der Waals surface area contributed by atoms with Crippen LogP contribution in [0.2, 0.25) is 0 Å². The number of fused-ring (bicyclic) bond motifs is 1. The van der Waals surface area contributed by atoms with E-state index in [9.17, 15) is 0 Å². The van der Waals surface area contributed by atoms with Crippen LogP contribution in [0.25, 0.3) is 11.4 Å². The van der Waals surface area contributed by atoms with E-state index >= 15 is 0 Å². The Bertz CT molecular complexity index is 587. The molecular weight excluding hydrogens is 228 g/mol. The Kier molecular flexibility index (Phi) is 2.09. The molecule has 92 valence electrons. The third-order valence-corrected chi connectivity index (χ3v) is 3.41. The van der Waals surface area contributed by atoms with E-state index in [0.717, 1.165) is 22.9 Å². The molecule has 2 aliphatic rings. The van der Waals surface area contributed by atoms with Gasteiger partial charge in [-0.15, -0.1) is 0 Å². The number of hydrogen-bond donors (Lipinski definition) is 0. The van der Waals surface area contributed by atoms with Gasteiger partial charge in [0.15, 0.2) is 11.5 Å². The third-order valence-electron chi connectivity index (χ3n) is 3.41. The molecule has 1 aliphatic heterocycles. The van der Waals surface area contributed by atoms with Crippen LogP contribution < -0.4 is 9.47 Å². The average molecular weight is 242 g/mol. The Morgan fingerprint density at radius 3 is 2.78 bits per heavy atom. The van der Waals surface area contributed by atoms with Crippen LogP contribution in [0.5, 0.6) is 11.5 Å². The molecule has 0 saturated heterocycles. The summed E-state index contributed by atoms with van der Waals surface area (Å²) in [7, 11) is 0. The number of rotatable bonds is 2. The summed E-state index contributed by atoms with van der Waals surface area (Å²) in [6, 6.07) is 6.68. The van der Waals surface area contributed by atoms with Gasteiger partial charge in [0.25, 0.3) is 0 Å². The van der Waals surface area contributed by atoms with Crippen molar-refractivity contribution in [3.8, 4) is 22.9 Å². The summed E-state index contributed by atoms with van der Waals surface area (Å²) in [5, 5.41) is 0. The molecule has 1 fully saturated rings. The predicted molar refractivity (Wildman–Crippen MR) is 66.9 cm³/mol. The van der Waals surface area contributed by atoms with Crippen LogP contribution in [0.3, 0.4) is 0 Å². The molecule has 0 bridgehead atoms. The quantitative estimate of drug-likeness (QED) is 0.812. The van der Waals surface area contributed by atoms with Gasteiger partial charge in [-0.3, -0.25) is 0 Å². The molecular formula is C14H14N2O2. The van der Waals surface area contributed by atoms with Gasteiger partial charge in [0.2, 0.25) is 0 Å². The molecule has 0 spiro atoms. The monoisotopic (exact) mass is 242 g/mol. The van der Waals surface area contributed by atoms with Crippen molar-refractivity contribution in [1.82, 2.24) is 9.55 Å².